The summed E-state index contributed by atoms with van der Waals surface area (Å²) in [4.78, 5) is 0. The van der Waals surface area contributed by atoms with Gasteiger partial charge in [0.25, 0.3) is 0 Å². The highest BCUT2D eigenvalue weighted by Gasteiger charge is 2.91. The number of halogens is 13. The maximum Gasteiger partial charge on any atom is 0.460 e. The van der Waals surface area contributed by atoms with E-state index in [0.29, 0.717) is 12.1 Å². The number of rotatable bonds is 5. The Balaban J connectivity index is 3.66. The quantitative estimate of drug-likeness (QED) is 0.512. The summed E-state index contributed by atoms with van der Waals surface area (Å²) in [5.41, 5.74) is 5.33. The molecule has 0 aliphatic rings. The molecular weight excluding hydrogens is 419 g/mol. The van der Waals surface area contributed by atoms with Gasteiger partial charge in [0.2, 0.25) is 0 Å². The largest absolute Gasteiger partial charge is 0.460 e. The Morgan fingerprint density at radius 1 is 0.556 bits per heavy atom. The van der Waals surface area contributed by atoms with Gasteiger partial charge < -0.3 is 11.5 Å². The highest BCUT2D eigenvalue weighted by Crippen LogP contribution is 2.62. The SMILES string of the molecule is Nc1ccc(N)c(C(F)(F)C(F)(F)C(F)(F)C(F)(F)C(F)(F)C(F)(F)F)c1. The van der Waals surface area contributed by atoms with Crippen LogP contribution in [0.2, 0.25) is 0 Å². The van der Waals surface area contributed by atoms with Crippen molar-refractivity contribution in [3.63, 3.8) is 0 Å². The standard InChI is InChI=1S/C12H7F13N2/c13-7(14,5-3-4(26)1-2-6(5)27)8(15,16)9(17,18)10(19,20)11(21,22)12(23,24)25/h1-3H,26-27H2. The van der Waals surface area contributed by atoms with E-state index in [1.54, 1.807) is 0 Å². The van der Waals surface area contributed by atoms with Crippen molar-refractivity contribution in [2.45, 2.75) is 35.8 Å². The maximum atomic E-state index is 13.9. The fourth-order valence-electron chi connectivity index (χ4n) is 1.78. The molecule has 1 aromatic carbocycles. The van der Waals surface area contributed by atoms with Gasteiger partial charge in [0.1, 0.15) is 0 Å². The predicted molar refractivity (Wildman–Crippen MR) is 65.0 cm³/mol. The van der Waals surface area contributed by atoms with Gasteiger partial charge in [-0.25, -0.2) is 0 Å². The average molecular weight is 426 g/mol. The molecule has 0 saturated carbocycles. The normalized spacial score (nSPS) is 15.1. The Labute approximate surface area is 140 Å². The lowest BCUT2D eigenvalue weighted by Gasteiger charge is -2.40. The summed E-state index contributed by atoms with van der Waals surface area (Å²) in [6.45, 7) is 0. The molecule has 0 aromatic heterocycles. The van der Waals surface area contributed by atoms with Crippen molar-refractivity contribution >= 4 is 11.4 Å². The number of nitrogen functional groups attached to an aromatic ring is 2. The third kappa shape index (κ3) is 2.99. The average Bonchev–Trinajstić information content (AvgIpc) is 2.47. The molecule has 0 amide bonds. The first-order valence-corrected chi connectivity index (χ1v) is 6.27. The lowest BCUT2D eigenvalue weighted by atomic mass is 9.90. The van der Waals surface area contributed by atoms with Crippen LogP contribution < -0.4 is 11.5 Å². The van der Waals surface area contributed by atoms with Crippen LogP contribution in [0.4, 0.5) is 68.5 Å². The first kappa shape index (κ1) is 23.0. The van der Waals surface area contributed by atoms with Crippen molar-refractivity contribution in [2.75, 3.05) is 11.5 Å². The van der Waals surface area contributed by atoms with Gasteiger partial charge in [-0.15, -0.1) is 0 Å². The number of alkyl halides is 13. The van der Waals surface area contributed by atoms with Crippen LogP contribution in [-0.2, 0) is 5.92 Å². The van der Waals surface area contributed by atoms with Crippen LogP contribution in [0.1, 0.15) is 5.56 Å². The Morgan fingerprint density at radius 3 is 1.37 bits per heavy atom. The van der Waals surface area contributed by atoms with Gasteiger partial charge in [0.15, 0.2) is 0 Å². The smallest absolute Gasteiger partial charge is 0.399 e. The van der Waals surface area contributed by atoms with Gasteiger partial charge in [-0.2, -0.15) is 57.1 Å². The minimum atomic E-state index is -7.96. The molecule has 0 aliphatic carbocycles. The second-order valence-corrected chi connectivity index (χ2v) is 5.22. The molecule has 1 rings (SSSR count). The Morgan fingerprint density at radius 2 is 0.963 bits per heavy atom. The molecule has 0 heterocycles. The number of anilines is 2. The Bertz CT molecular complexity index is 708. The lowest BCUT2D eigenvalue weighted by molar-refractivity contribution is -0.441. The Hall–Kier alpha value is -2.09. The monoisotopic (exact) mass is 426 g/mol. The van der Waals surface area contributed by atoms with Gasteiger partial charge >= 0.3 is 35.8 Å². The van der Waals surface area contributed by atoms with Crippen LogP contribution in [0.5, 0.6) is 0 Å². The number of nitrogens with two attached hydrogens (primary N) is 2. The molecule has 0 radical (unpaired) electrons. The summed E-state index contributed by atoms with van der Waals surface area (Å²) < 4.78 is 169. The Kier molecular flexibility index (Phi) is 5.06. The fourth-order valence-corrected chi connectivity index (χ4v) is 1.78. The lowest BCUT2D eigenvalue weighted by Crippen LogP contribution is -2.69. The minimum absolute atomic E-state index is 0.153. The maximum absolute atomic E-state index is 13.9. The van der Waals surface area contributed by atoms with Crippen molar-refractivity contribution in [1.29, 1.82) is 0 Å². The molecule has 1 aromatic rings. The molecule has 27 heavy (non-hydrogen) atoms. The zero-order chi connectivity index (χ0) is 21.9. The zero-order valence-electron chi connectivity index (χ0n) is 12.3. The molecule has 0 saturated heterocycles. The second kappa shape index (κ2) is 5.95. The third-order valence-electron chi connectivity index (χ3n) is 3.35. The molecular formula is C12H7F13N2. The first-order chi connectivity index (χ1) is 11.7. The van der Waals surface area contributed by atoms with E-state index in [0.717, 1.165) is 0 Å². The van der Waals surface area contributed by atoms with Crippen LogP contribution in [0, 0.1) is 0 Å². The summed E-state index contributed by atoms with van der Waals surface area (Å²) >= 11 is 0. The summed E-state index contributed by atoms with van der Waals surface area (Å²) in [6, 6.07) is 0.923. The van der Waals surface area contributed by atoms with Crippen LogP contribution in [0.25, 0.3) is 0 Å². The first-order valence-electron chi connectivity index (χ1n) is 6.27. The van der Waals surface area contributed by atoms with Crippen LogP contribution >= 0.6 is 0 Å². The molecule has 0 fully saturated rings. The van der Waals surface area contributed by atoms with Crippen molar-refractivity contribution in [3.8, 4) is 0 Å². The van der Waals surface area contributed by atoms with Gasteiger partial charge in [0, 0.05) is 11.4 Å². The summed E-state index contributed by atoms with van der Waals surface area (Å²) in [5, 5.41) is 0. The van der Waals surface area contributed by atoms with E-state index in [1.165, 1.54) is 0 Å². The van der Waals surface area contributed by atoms with Crippen molar-refractivity contribution < 1.29 is 57.1 Å². The molecule has 156 valence electrons. The van der Waals surface area contributed by atoms with Gasteiger partial charge in [-0.1, -0.05) is 0 Å². The number of benzene rings is 1. The molecule has 0 bridgehead atoms. The van der Waals surface area contributed by atoms with E-state index in [9.17, 15) is 57.1 Å². The second-order valence-electron chi connectivity index (χ2n) is 5.22. The van der Waals surface area contributed by atoms with Crippen LogP contribution in [0.3, 0.4) is 0 Å². The summed E-state index contributed by atoms with van der Waals surface area (Å²) in [7, 11) is 0. The molecule has 0 spiro atoms. The van der Waals surface area contributed by atoms with Crippen LogP contribution in [-0.4, -0.2) is 29.9 Å². The number of hydrogen-bond donors (Lipinski definition) is 2. The molecule has 15 heteroatoms. The molecule has 0 aliphatic heterocycles. The molecule has 0 atom stereocenters. The third-order valence-corrected chi connectivity index (χ3v) is 3.35. The minimum Gasteiger partial charge on any atom is -0.399 e. The van der Waals surface area contributed by atoms with Crippen molar-refractivity contribution in [2.24, 2.45) is 0 Å². The van der Waals surface area contributed by atoms with Crippen LogP contribution in [0.15, 0.2) is 18.2 Å². The highest BCUT2D eigenvalue weighted by molar-refractivity contribution is 5.57. The van der Waals surface area contributed by atoms with E-state index in [-0.39, 0.29) is 6.07 Å². The van der Waals surface area contributed by atoms with E-state index in [4.69, 9.17) is 11.5 Å². The van der Waals surface area contributed by atoms with Crippen molar-refractivity contribution in [1.82, 2.24) is 0 Å². The zero-order valence-corrected chi connectivity index (χ0v) is 12.3. The summed E-state index contributed by atoms with van der Waals surface area (Å²) in [6.07, 6.45) is -7.46. The summed E-state index contributed by atoms with van der Waals surface area (Å²) in [5.74, 6) is -37.5. The molecule has 2 nitrogen and oxygen atoms in total. The van der Waals surface area contributed by atoms with E-state index >= 15 is 0 Å². The van der Waals surface area contributed by atoms with E-state index in [2.05, 4.69) is 0 Å². The van der Waals surface area contributed by atoms with Gasteiger partial charge in [0.05, 0.1) is 5.56 Å². The van der Waals surface area contributed by atoms with E-state index < -0.39 is 52.7 Å². The van der Waals surface area contributed by atoms with E-state index in [1.807, 2.05) is 0 Å². The predicted octanol–water partition coefficient (Wildman–Crippen LogP) is 5.05. The topological polar surface area (TPSA) is 52.0 Å². The molecule has 0 unspecified atom stereocenters. The molecule has 4 N–H and O–H groups in total. The van der Waals surface area contributed by atoms with Gasteiger partial charge in [-0.3, -0.25) is 0 Å². The number of hydrogen-bond acceptors (Lipinski definition) is 2. The highest BCUT2D eigenvalue weighted by atomic mass is 19.4. The van der Waals surface area contributed by atoms with Crippen molar-refractivity contribution in [3.05, 3.63) is 23.8 Å². The fraction of sp³-hybridized carbons (Fsp3) is 0.500. The van der Waals surface area contributed by atoms with Gasteiger partial charge in [-0.05, 0) is 18.2 Å².